The third kappa shape index (κ3) is 2.30. The standard InChI is InChI=1S/C16H14BrNO/c1-11(19)15-8-14(17)6-7-16(15)18-9-12-4-2-3-5-13(12)10-18/h2-8H,9-10H2,1H3. The van der Waals surface area contributed by atoms with Gasteiger partial charge in [-0.1, -0.05) is 40.2 Å². The Morgan fingerprint density at radius 2 is 1.74 bits per heavy atom. The molecular weight excluding hydrogens is 302 g/mol. The first-order valence-electron chi connectivity index (χ1n) is 6.27. The lowest BCUT2D eigenvalue weighted by molar-refractivity contribution is 0.101. The van der Waals surface area contributed by atoms with Gasteiger partial charge in [-0.15, -0.1) is 0 Å². The topological polar surface area (TPSA) is 20.3 Å². The number of nitrogens with zero attached hydrogens (tertiary/aromatic N) is 1. The maximum absolute atomic E-state index is 11.8. The monoisotopic (exact) mass is 315 g/mol. The van der Waals surface area contributed by atoms with Crippen LogP contribution in [0.4, 0.5) is 5.69 Å². The predicted octanol–water partition coefficient (Wildman–Crippen LogP) is 4.17. The maximum Gasteiger partial charge on any atom is 0.161 e. The van der Waals surface area contributed by atoms with Crippen LogP contribution in [0.5, 0.6) is 0 Å². The highest BCUT2D eigenvalue weighted by molar-refractivity contribution is 9.10. The summed E-state index contributed by atoms with van der Waals surface area (Å²) in [4.78, 5) is 14.1. The molecule has 0 atom stereocenters. The average molecular weight is 316 g/mol. The fourth-order valence-electron chi connectivity index (χ4n) is 2.57. The molecule has 19 heavy (non-hydrogen) atoms. The molecule has 0 saturated carbocycles. The Kier molecular flexibility index (Phi) is 3.15. The van der Waals surface area contributed by atoms with Crippen molar-refractivity contribution in [2.45, 2.75) is 20.0 Å². The summed E-state index contributed by atoms with van der Waals surface area (Å²) in [6, 6.07) is 14.4. The summed E-state index contributed by atoms with van der Waals surface area (Å²) >= 11 is 3.43. The van der Waals surface area contributed by atoms with Gasteiger partial charge in [-0.05, 0) is 36.2 Å². The molecule has 96 valence electrons. The Hall–Kier alpha value is -1.61. The first-order chi connectivity index (χ1) is 9.15. The molecular formula is C16H14BrNO. The van der Waals surface area contributed by atoms with Crippen LogP contribution in [0.1, 0.15) is 28.4 Å². The zero-order chi connectivity index (χ0) is 13.4. The third-order valence-corrected chi connectivity index (χ3v) is 4.01. The number of anilines is 1. The van der Waals surface area contributed by atoms with Gasteiger partial charge in [-0.25, -0.2) is 0 Å². The molecule has 0 aliphatic carbocycles. The van der Waals surface area contributed by atoms with E-state index in [1.165, 1.54) is 11.1 Å². The van der Waals surface area contributed by atoms with Crippen LogP contribution < -0.4 is 4.90 Å². The van der Waals surface area contributed by atoms with Gasteiger partial charge in [0.1, 0.15) is 0 Å². The van der Waals surface area contributed by atoms with E-state index in [4.69, 9.17) is 0 Å². The molecule has 0 N–H and O–H groups in total. The lowest BCUT2D eigenvalue weighted by Gasteiger charge is -2.20. The Balaban J connectivity index is 1.99. The number of ketones is 1. The minimum absolute atomic E-state index is 0.104. The molecule has 1 heterocycles. The molecule has 0 spiro atoms. The molecule has 2 nitrogen and oxygen atoms in total. The summed E-state index contributed by atoms with van der Waals surface area (Å²) in [7, 11) is 0. The highest BCUT2D eigenvalue weighted by Crippen LogP contribution is 2.32. The number of rotatable bonds is 2. The van der Waals surface area contributed by atoms with Crippen LogP contribution in [0.3, 0.4) is 0 Å². The summed E-state index contributed by atoms with van der Waals surface area (Å²) in [5, 5.41) is 0. The van der Waals surface area contributed by atoms with Crippen LogP contribution in [0, 0.1) is 0 Å². The summed E-state index contributed by atoms with van der Waals surface area (Å²) in [6.07, 6.45) is 0. The number of benzene rings is 2. The normalized spacial score (nSPS) is 13.5. The molecule has 2 aromatic carbocycles. The number of carbonyl (C=O) groups is 1. The van der Waals surface area contributed by atoms with Crippen LogP contribution in [0.15, 0.2) is 46.9 Å². The Labute approximate surface area is 121 Å². The fraction of sp³-hybridized carbons (Fsp3) is 0.188. The second kappa shape index (κ2) is 4.82. The van der Waals surface area contributed by atoms with Gasteiger partial charge in [0, 0.05) is 28.8 Å². The maximum atomic E-state index is 11.8. The van der Waals surface area contributed by atoms with Crippen molar-refractivity contribution < 1.29 is 4.79 Å². The molecule has 1 aliphatic heterocycles. The van der Waals surface area contributed by atoms with E-state index in [1.807, 2.05) is 18.2 Å². The van der Waals surface area contributed by atoms with E-state index in [-0.39, 0.29) is 5.78 Å². The number of hydrogen-bond acceptors (Lipinski definition) is 2. The van der Waals surface area contributed by atoms with Crippen LogP contribution in [-0.2, 0) is 13.1 Å². The minimum Gasteiger partial charge on any atom is -0.362 e. The summed E-state index contributed by atoms with van der Waals surface area (Å²) < 4.78 is 0.943. The lowest BCUT2D eigenvalue weighted by Crippen LogP contribution is -2.17. The van der Waals surface area contributed by atoms with Crippen molar-refractivity contribution in [3.63, 3.8) is 0 Å². The molecule has 0 radical (unpaired) electrons. The van der Waals surface area contributed by atoms with Gasteiger partial charge >= 0.3 is 0 Å². The molecule has 3 heteroatoms. The summed E-state index contributed by atoms with van der Waals surface area (Å²) in [5.41, 5.74) is 4.49. The van der Waals surface area contributed by atoms with E-state index in [1.54, 1.807) is 6.92 Å². The van der Waals surface area contributed by atoms with E-state index >= 15 is 0 Å². The summed E-state index contributed by atoms with van der Waals surface area (Å²) in [5.74, 6) is 0.104. The third-order valence-electron chi connectivity index (χ3n) is 3.52. The molecule has 1 aliphatic rings. The van der Waals surface area contributed by atoms with Crippen LogP contribution in [-0.4, -0.2) is 5.78 Å². The molecule has 0 aromatic heterocycles. The number of halogens is 1. The quantitative estimate of drug-likeness (QED) is 0.775. The second-order valence-corrected chi connectivity index (χ2v) is 5.76. The van der Waals surface area contributed by atoms with Crippen molar-refractivity contribution in [3.8, 4) is 0 Å². The Morgan fingerprint density at radius 1 is 1.11 bits per heavy atom. The van der Waals surface area contributed by atoms with Gasteiger partial charge in [0.2, 0.25) is 0 Å². The van der Waals surface area contributed by atoms with Crippen LogP contribution in [0.25, 0.3) is 0 Å². The number of Topliss-reactive ketones (excluding diaryl/α,β-unsaturated/α-hetero) is 1. The van der Waals surface area contributed by atoms with E-state index in [0.29, 0.717) is 0 Å². The molecule has 3 rings (SSSR count). The molecule has 0 bridgehead atoms. The van der Waals surface area contributed by atoms with Gasteiger partial charge in [0.25, 0.3) is 0 Å². The van der Waals surface area contributed by atoms with E-state index < -0.39 is 0 Å². The van der Waals surface area contributed by atoms with Crippen molar-refractivity contribution in [1.82, 2.24) is 0 Å². The van der Waals surface area contributed by atoms with Crippen LogP contribution >= 0.6 is 15.9 Å². The number of fused-ring (bicyclic) bond motifs is 1. The van der Waals surface area contributed by atoms with Gasteiger partial charge in [-0.2, -0.15) is 0 Å². The van der Waals surface area contributed by atoms with Crippen molar-refractivity contribution in [2.24, 2.45) is 0 Å². The largest absolute Gasteiger partial charge is 0.362 e. The van der Waals surface area contributed by atoms with Crippen molar-refractivity contribution >= 4 is 27.4 Å². The molecule has 2 aromatic rings. The van der Waals surface area contributed by atoms with E-state index in [2.05, 4.69) is 45.1 Å². The van der Waals surface area contributed by atoms with Gasteiger partial charge < -0.3 is 4.90 Å². The second-order valence-electron chi connectivity index (χ2n) is 4.84. The highest BCUT2D eigenvalue weighted by Gasteiger charge is 2.21. The van der Waals surface area contributed by atoms with E-state index in [0.717, 1.165) is 28.8 Å². The fourth-order valence-corrected chi connectivity index (χ4v) is 2.93. The van der Waals surface area contributed by atoms with Crippen LogP contribution in [0.2, 0.25) is 0 Å². The minimum atomic E-state index is 0.104. The Morgan fingerprint density at radius 3 is 2.32 bits per heavy atom. The lowest BCUT2D eigenvalue weighted by atomic mass is 10.1. The van der Waals surface area contributed by atoms with Crippen molar-refractivity contribution in [3.05, 3.63) is 63.6 Å². The smallest absolute Gasteiger partial charge is 0.161 e. The van der Waals surface area contributed by atoms with Gasteiger partial charge in [0.15, 0.2) is 5.78 Å². The SMILES string of the molecule is CC(=O)c1cc(Br)ccc1N1Cc2ccccc2C1. The average Bonchev–Trinajstić information content (AvgIpc) is 2.82. The highest BCUT2D eigenvalue weighted by atomic mass is 79.9. The van der Waals surface area contributed by atoms with Gasteiger partial charge in [0.05, 0.1) is 0 Å². The molecule has 0 amide bonds. The summed E-state index contributed by atoms with van der Waals surface area (Å²) in [6.45, 7) is 3.37. The van der Waals surface area contributed by atoms with Gasteiger partial charge in [-0.3, -0.25) is 4.79 Å². The molecule has 0 fully saturated rings. The molecule has 0 saturated heterocycles. The molecule has 0 unspecified atom stereocenters. The first-order valence-corrected chi connectivity index (χ1v) is 7.06. The van der Waals surface area contributed by atoms with E-state index in [9.17, 15) is 4.79 Å². The number of hydrogen-bond donors (Lipinski definition) is 0. The first kappa shape index (κ1) is 12.4. The van der Waals surface area contributed by atoms with Crippen molar-refractivity contribution in [2.75, 3.05) is 4.90 Å². The van der Waals surface area contributed by atoms with Crippen molar-refractivity contribution in [1.29, 1.82) is 0 Å². The number of carbonyl (C=O) groups excluding carboxylic acids is 1. The zero-order valence-corrected chi connectivity index (χ0v) is 12.3. The predicted molar refractivity (Wildman–Crippen MR) is 80.5 cm³/mol. The Bertz CT molecular complexity index is 626. The zero-order valence-electron chi connectivity index (χ0n) is 10.7.